The number of nitrogens with zero attached hydrogens (tertiary/aromatic N) is 1. The molecule has 15 heavy (non-hydrogen) atoms. The zero-order valence-corrected chi connectivity index (χ0v) is 7.71. The van der Waals surface area contributed by atoms with Gasteiger partial charge in [0.15, 0.2) is 0 Å². The highest BCUT2D eigenvalue weighted by atomic mass is 19.4. The smallest absolute Gasteiger partial charge is 0.302 e. The van der Waals surface area contributed by atoms with Crippen LogP contribution in [0.1, 0.15) is 24.0 Å². The Morgan fingerprint density at radius 3 is 2.53 bits per heavy atom. The van der Waals surface area contributed by atoms with E-state index in [0.717, 1.165) is 18.5 Å². The molecular weight excluding hydrogens is 207 g/mol. The van der Waals surface area contributed by atoms with Crippen LogP contribution in [0.25, 0.3) is 0 Å². The van der Waals surface area contributed by atoms with Gasteiger partial charge < -0.3 is 4.79 Å². The predicted octanol–water partition coefficient (Wildman–Crippen LogP) is 2.33. The van der Waals surface area contributed by atoms with Crippen LogP contribution in [0.3, 0.4) is 0 Å². The number of hydrogen-bond acceptors (Lipinski definition) is 2. The second-order valence-corrected chi connectivity index (χ2v) is 3.69. The lowest BCUT2D eigenvalue weighted by Gasteiger charge is -2.15. The molecule has 5 heteroatoms. The second-order valence-electron chi connectivity index (χ2n) is 3.69. The van der Waals surface area contributed by atoms with Gasteiger partial charge in [0.2, 0.25) is 0 Å². The quantitative estimate of drug-likeness (QED) is 0.708. The molecule has 0 aromatic carbocycles. The molecule has 1 aliphatic carbocycles. The van der Waals surface area contributed by atoms with Crippen molar-refractivity contribution in [2.75, 3.05) is 0 Å². The van der Waals surface area contributed by atoms with Crippen molar-refractivity contribution in [2.24, 2.45) is 0 Å². The van der Waals surface area contributed by atoms with Gasteiger partial charge >= 0.3 is 6.18 Å². The molecule has 0 bridgehead atoms. The molecule has 1 aromatic heterocycles. The summed E-state index contributed by atoms with van der Waals surface area (Å²) in [6.07, 6.45) is -0.635. The van der Waals surface area contributed by atoms with Gasteiger partial charge in [0.05, 0.1) is 11.0 Å². The summed E-state index contributed by atoms with van der Waals surface area (Å²) >= 11 is 0. The van der Waals surface area contributed by atoms with Crippen molar-refractivity contribution in [3.05, 3.63) is 29.6 Å². The molecule has 0 atom stereocenters. The van der Waals surface area contributed by atoms with Crippen molar-refractivity contribution in [1.82, 2.24) is 4.98 Å². The van der Waals surface area contributed by atoms with Crippen LogP contribution in [0.4, 0.5) is 13.2 Å². The van der Waals surface area contributed by atoms with Gasteiger partial charge in [-0.05, 0) is 24.5 Å². The van der Waals surface area contributed by atoms with Gasteiger partial charge in [-0.3, -0.25) is 4.98 Å². The van der Waals surface area contributed by atoms with Gasteiger partial charge in [-0.25, -0.2) is 0 Å². The number of aldehydes is 1. The van der Waals surface area contributed by atoms with Crippen LogP contribution in [0.5, 0.6) is 0 Å². The maximum Gasteiger partial charge on any atom is 0.416 e. The molecule has 0 unspecified atom stereocenters. The highest BCUT2D eigenvalue weighted by Crippen LogP contribution is 2.49. The maximum absolute atomic E-state index is 12.6. The summed E-state index contributed by atoms with van der Waals surface area (Å²) in [4.78, 5) is 14.4. The average Bonchev–Trinajstić information content (AvgIpc) is 2.97. The molecule has 2 nitrogen and oxygen atoms in total. The van der Waals surface area contributed by atoms with Crippen molar-refractivity contribution in [3.63, 3.8) is 0 Å². The fourth-order valence-corrected chi connectivity index (χ4v) is 1.62. The molecule has 0 N–H and O–H groups in total. The van der Waals surface area contributed by atoms with Crippen molar-refractivity contribution >= 4 is 6.29 Å². The molecular formula is C10H8F3NO. The van der Waals surface area contributed by atoms with Gasteiger partial charge in [-0.2, -0.15) is 13.2 Å². The maximum atomic E-state index is 12.6. The minimum absolute atomic E-state index is 0.00694. The van der Waals surface area contributed by atoms with Crippen molar-refractivity contribution in [3.8, 4) is 0 Å². The zero-order chi connectivity index (χ0) is 11.1. The minimum atomic E-state index is -4.42. The first kappa shape index (κ1) is 10.1. The van der Waals surface area contributed by atoms with Crippen LogP contribution in [0, 0.1) is 0 Å². The summed E-state index contributed by atoms with van der Waals surface area (Å²) in [5, 5.41) is 0. The number of alkyl halides is 3. The van der Waals surface area contributed by atoms with E-state index >= 15 is 0 Å². The lowest BCUT2D eigenvalue weighted by atomic mass is 9.94. The van der Waals surface area contributed by atoms with E-state index in [2.05, 4.69) is 4.98 Å². The van der Waals surface area contributed by atoms with Crippen LogP contribution in [-0.2, 0) is 16.4 Å². The fourth-order valence-electron chi connectivity index (χ4n) is 1.62. The lowest BCUT2D eigenvalue weighted by molar-refractivity contribution is -0.138. The van der Waals surface area contributed by atoms with E-state index < -0.39 is 17.2 Å². The van der Waals surface area contributed by atoms with Gasteiger partial charge in [-0.1, -0.05) is 0 Å². The summed E-state index contributed by atoms with van der Waals surface area (Å²) in [5.74, 6) is 0. The van der Waals surface area contributed by atoms with Gasteiger partial charge in [0.25, 0.3) is 0 Å². The number of pyridine rings is 1. The van der Waals surface area contributed by atoms with Gasteiger partial charge in [-0.15, -0.1) is 0 Å². The van der Waals surface area contributed by atoms with Gasteiger partial charge in [0.1, 0.15) is 6.29 Å². The minimum Gasteiger partial charge on any atom is -0.302 e. The zero-order valence-electron chi connectivity index (χ0n) is 7.71. The summed E-state index contributed by atoms with van der Waals surface area (Å²) in [5.41, 5.74) is -1.67. The lowest BCUT2D eigenvalue weighted by Crippen LogP contribution is -2.17. The highest BCUT2D eigenvalue weighted by Gasteiger charge is 2.49. The molecule has 1 fully saturated rings. The molecule has 0 aliphatic heterocycles. The Balaban J connectivity index is 2.52. The fraction of sp³-hybridized carbons (Fsp3) is 0.400. The topological polar surface area (TPSA) is 30.0 Å². The molecule has 0 saturated heterocycles. The number of aromatic nitrogens is 1. The Labute approximate surface area is 84.1 Å². The van der Waals surface area contributed by atoms with E-state index in [1.54, 1.807) is 0 Å². The van der Waals surface area contributed by atoms with Crippen LogP contribution in [0.15, 0.2) is 18.5 Å². The van der Waals surface area contributed by atoms with E-state index in [4.69, 9.17) is 0 Å². The third kappa shape index (κ3) is 1.62. The number of carbonyl (C=O) groups is 1. The van der Waals surface area contributed by atoms with Gasteiger partial charge in [0, 0.05) is 12.4 Å². The van der Waals surface area contributed by atoms with E-state index in [0.29, 0.717) is 19.1 Å². The van der Waals surface area contributed by atoms with Crippen LogP contribution < -0.4 is 0 Å². The Morgan fingerprint density at radius 2 is 2.07 bits per heavy atom. The van der Waals surface area contributed by atoms with Crippen molar-refractivity contribution in [2.45, 2.75) is 24.4 Å². The number of halogens is 3. The van der Waals surface area contributed by atoms with Crippen LogP contribution in [-0.4, -0.2) is 11.3 Å². The Morgan fingerprint density at radius 1 is 1.40 bits per heavy atom. The third-order valence-electron chi connectivity index (χ3n) is 2.68. The summed E-state index contributed by atoms with van der Waals surface area (Å²) < 4.78 is 37.8. The molecule has 1 aromatic rings. The van der Waals surface area contributed by atoms with Crippen molar-refractivity contribution in [1.29, 1.82) is 0 Å². The molecule has 0 amide bonds. The molecule has 1 aliphatic rings. The molecule has 1 saturated carbocycles. The predicted molar refractivity (Wildman–Crippen MR) is 46.2 cm³/mol. The molecule has 80 valence electrons. The number of rotatable bonds is 2. The Kier molecular flexibility index (Phi) is 2.06. The standard InChI is InChI=1S/C10H8F3NO/c11-10(12,13)7-1-4-14-5-8(7)9(6-15)2-3-9/h1,4-6H,2-3H2. The summed E-state index contributed by atoms with van der Waals surface area (Å²) in [6.45, 7) is 0. The van der Waals surface area contributed by atoms with Crippen LogP contribution in [0.2, 0.25) is 0 Å². The largest absolute Gasteiger partial charge is 0.416 e. The van der Waals surface area contributed by atoms with E-state index in [-0.39, 0.29) is 5.56 Å². The summed E-state index contributed by atoms with van der Waals surface area (Å²) in [6, 6.07) is 0.916. The van der Waals surface area contributed by atoms with E-state index in [1.807, 2.05) is 0 Å². The first-order chi connectivity index (χ1) is 6.99. The molecule has 0 radical (unpaired) electrons. The highest BCUT2D eigenvalue weighted by molar-refractivity contribution is 5.73. The first-order valence-corrected chi connectivity index (χ1v) is 4.48. The Bertz CT molecular complexity index is 396. The first-order valence-electron chi connectivity index (χ1n) is 4.48. The third-order valence-corrected chi connectivity index (χ3v) is 2.68. The average molecular weight is 215 g/mol. The molecule has 0 spiro atoms. The van der Waals surface area contributed by atoms with E-state index in [9.17, 15) is 18.0 Å². The number of carbonyl (C=O) groups excluding carboxylic acids is 1. The Hall–Kier alpha value is -1.39. The molecule has 1 heterocycles. The van der Waals surface area contributed by atoms with Crippen molar-refractivity contribution < 1.29 is 18.0 Å². The SMILES string of the molecule is O=CC1(c2cnccc2C(F)(F)F)CC1. The summed E-state index contributed by atoms with van der Waals surface area (Å²) in [7, 11) is 0. The monoisotopic (exact) mass is 215 g/mol. The van der Waals surface area contributed by atoms with Crippen LogP contribution >= 0.6 is 0 Å². The molecule has 2 rings (SSSR count). The number of hydrogen-bond donors (Lipinski definition) is 0. The second kappa shape index (κ2) is 3.05. The van der Waals surface area contributed by atoms with E-state index in [1.165, 1.54) is 0 Å². The normalized spacial score (nSPS) is 18.6.